The van der Waals surface area contributed by atoms with Crippen LogP contribution >= 0.6 is 0 Å². The van der Waals surface area contributed by atoms with E-state index in [9.17, 15) is 4.79 Å². The number of hydrogen-bond donors (Lipinski definition) is 1. The Morgan fingerprint density at radius 1 is 0.875 bits per heavy atom. The second-order valence-corrected chi connectivity index (χ2v) is 8.97. The highest BCUT2D eigenvalue weighted by Crippen LogP contribution is 2.33. The molecule has 1 heterocycles. The molecule has 3 heteroatoms. The molecule has 24 heavy (non-hydrogen) atoms. The molecule has 0 atom stereocenters. The van der Waals surface area contributed by atoms with Gasteiger partial charge in [0.05, 0.1) is 0 Å². The molecule has 138 valence electrons. The molecule has 0 unspecified atom stereocenters. The number of piperidine rings is 1. The quantitative estimate of drug-likeness (QED) is 0.828. The van der Waals surface area contributed by atoms with E-state index in [1.165, 1.54) is 58.0 Å². The average molecular weight is 335 g/mol. The van der Waals surface area contributed by atoms with E-state index >= 15 is 0 Å². The molecule has 2 saturated carbocycles. The lowest BCUT2D eigenvalue weighted by Gasteiger charge is -2.40. The van der Waals surface area contributed by atoms with Crippen molar-refractivity contribution in [2.75, 3.05) is 13.1 Å². The van der Waals surface area contributed by atoms with Crippen LogP contribution in [0.3, 0.4) is 0 Å². The van der Waals surface area contributed by atoms with Crippen molar-refractivity contribution in [3.63, 3.8) is 0 Å². The number of nitrogens with one attached hydrogen (secondary N) is 1. The van der Waals surface area contributed by atoms with Crippen molar-refractivity contribution in [1.82, 2.24) is 10.2 Å². The summed E-state index contributed by atoms with van der Waals surface area (Å²) in [5, 5.41) is 3.39. The lowest BCUT2D eigenvalue weighted by Crippen LogP contribution is -2.49. The van der Waals surface area contributed by atoms with Gasteiger partial charge in [-0.1, -0.05) is 33.1 Å². The Morgan fingerprint density at radius 3 is 2.08 bits per heavy atom. The van der Waals surface area contributed by atoms with Crippen LogP contribution in [0.25, 0.3) is 0 Å². The van der Waals surface area contributed by atoms with Gasteiger partial charge in [-0.3, -0.25) is 4.79 Å². The molecule has 1 N–H and O–H groups in total. The van der Waals surface area contributed by atoms with Crippen LogP contribution in [0.2, 0.25) is 0 Å². The van der Waals surface area contributed by atoms with Crippen LogP contribution in [0.15, 0.2) is 0 Å². The molecule has 3 rings (SSSR count). The minimum atomic E-state index is 0.288. The van der Waals surface area contributed by atoms with Crippen LogP contribution in [-0.4, -0.2) is 36.0 Å². The van der Waals surface area contributed by atoms with Gasteiger partial charge < -0.3 is 10.2 Å². The van der Waals surface area contributed by atoms with E-state index in [1.807, 2.05) is 0 Å². The molecule has 1 amide bonds. The maximum absolute atomic E-state index is 12.6. The van der Waals surface area contributed by atoms with Crippen molar-refractivity contribution >= 4 is 5.91 Å². The highest BCUT2D eigenvalue weighted by atomic mass is 16.1. The SMILES string of the molecule is CC(C)C1CCC(C(=O)NC2CCN(C3CCCCC3)CC2)CC1. The summed E-state index contributed by atoms with van der Waals surface area (Å²) < 4.78 is 0. The van der Waals surface area contributed by atoms with Gasteiger partial charge in [0, 0.05) is 31.1 Å². The van der Waals surface area contributed by atoms with E-state index in [2.05, 4.69) is 24.1 Å². The maximum Gasteiger partial charge on any atom is 0.223 e. The minimum absolute atomic E-state index is 0.288. The molecule has 1 saturated heterocycles. The zero-order valence-electron chi connectivity index (χ0n) is 15.9. The molecule has 3 aliphatic rings. The molecule has 0 radical (unpaired) electrons. The highest BCUT2D eigenvalue weighted by Gasteiger charge is 2.31. The minimum Gasteiger partial charge on any atom is -0.353 e. The highest BCUT2D eigenvalue weighted by molar-refractivity contribution is 5.79. The van der Waals surface area contributed by atoms with Gasteiger partial charge in [-0.25, -0.2) is 0 Å². The summed E-state index contributed by atoms with van der Waals surface area (Å²) in [6, 6.07) is 1.27. The first-order valence-corrected chi connectivity index (χ1v) is 10.7. The Morgan fingerprint density at radius 2 is 1.50 bits per heavy atom. The van der Waals surface area contributed by atoms with E-state index in [4.69, 9.17) is 0 Å². The lowest BCUT2D eigenvalue weighted by molar-refractivity contribution is -0.127. The number of carbonyl (C=O) groups excluding carboxylic acids is 1. The molecule has 2 aliphatic carbocycles. The predicted molar refractivity (Wildman–Crippen MR) is 99.9 cm³/mol. The van der Waals surface area contributed by atoms with Crippen molar-refractivity contribution in [3.05, 3.63) is 0 Å². The number of hydrogen-bond acceptors (Lipinski definition) is 2. The maximum atomic E-state index is 12.6. The van der Waals surface area contributed by atoms with Crippen LogP contribution in [0.1, 0.15) is 84.5 Å². The predicted octanol–water partition coefficient (Wildman–Crippen LogP) is 4.36. The molecule has 3 nitrogen and oxygen atoms in total. The first-order chi connectivity index (χ1) is 11.6. The standard InChI is InChI=1S/C21H38N2O/c1-16(2)17-8-10-18(11-9-17)21(24)22-19-12-14-23(15-13-19)20-6-4-3-5-7-20/h16-20H,3-15H2,1-2H3,(H,22,24). The molecule has 0 aromatic rings. The van der Waals surface area contributed by atoms with E-state index in [1.54, 1.807) is 0 Å². The largest absolute Gasteiger partial charge is 0.353 e. The molecular weight excluding hydrogens is 296 g/mol. The van der Waals surface area contributed by atoms with Crippen molar-refractivity contribution in [2.24, 2.45) is 17.8 Å². The van der Waals surface area contributed by atoms with Crippen LogP contribution in [0.4, 0.5) is 0 Å². The number of amides is 1. The lowest BCUT2D eigenvalue weighted by atomic mass is 9.76. The zero-order valence-corrected chi connectivity index (χ0v) is 15.9. The number of carbonyl (C=O) groups is 1. The Bertz CT molecular complexity index is 387. The van der Waals surface area contributed by atoms with Crippen molar-refractivity contribution in [1.29, 1.82) is 0 Å². The Labute approximate surface area is 148 Å². The van der Waals surface area contributed by atoms with Gasteiger partial charge in [-0.2, -0.15) is 0 Å². The molecular formula is C21H38N2O. The Balaban J connectivity index is 1.37. The monoisotopic (exact) mass is 334 g/mol. The summed E-state index contributed by atoms with van der Waals surface area (Å²) in [7, 11) is 0. The first kappa shape index (κ1) is 18.2. The van der Waals surface area contributed by atoms with Gasteiger partial charge in [0.25, 0.3) is 0 Å². The van der Waals surface area contributed by atoms with Gasteiger partial charge in [-0.15, -0.1) is 0 Å². The summed E-state index contributed by atoms with van der Waals surface area (Å²) >= 11 is 0. The molecule has 1 aliphatic heterocycles. The Kier molecular flexibility index (Phi) is 6.60. The molecule has 0 aromatic heterocycles. The topological polar surface area (TPSA) is 32.3 Å². The fourth-order valence-electron chi connectivity index (χ4n) is 5.22. The molecule has 0 bridgehead atoms. The van der Waals surface area contributed by atoms with E-state index in [0.29, 0.717) is 11.9 Å². The summed E-state index contributed by atoms with van der Waals surface area (Å²) in [5.41, 5.74) is 0. The fourth-order valence-corrected chi connectivity index (χ4v) is 5.22. The van der Waals surface area contributed by atoms with E-state index in [0.717, 1.165) is 43.6 Å². The molecule has 0 spiro atoms. The van der Waals surface area contributed by atoms with E-state index in [-0.39, 0.29) is 5.92 Å². The van der Waals surface area contributed by atoms with Crippen LogP contribution in [-0.2, 0) is 4.79 Å². The van der Waals surface area contributed by atoms with Gasteiger partial charge in [0.1, 0.15) is 0 Å². The van der Waals surface area contributed by atoms with Crippen LogP contribution in [0.5, 0.6) is 0 Å². The Hall–Kier alpha value is -0.570. The summed E-state index contributed by atoms with van der Waals surface area (Å²) in [5.74, 6) is 2.26. The van der Waals surface area contributed by atoms with E-state index < -0.39 is 0 Å². The third kappa shape index (κ3) is 4.74. The second-order valence-electron chi connectivity index (χ2n) is 8.97. The van der Waals surface area contributed by atoms with Gasteiger partial charge in [0.2, 0.25) is 5.91 Å². The molecule has 3 fully saturated rings. The summed E-state index contributed by atoms with van der Waals surface area (Å²) in [6.07, 6.45) is 14.1. The fraction of sp³-hybridized carbons (Fsp3) is 0.952. The summed E-state index contributed by atoms with van der Waals surface area (Å²) in [6.45, 7) is 7.03. The van der Waals surface area contributed by atoms with Crippen LogP contribution < -0.4 is 5.32 Å². The average Bonchev–Trinajstić information content (AvgIpc) is 2.63. The zero-order chi connectivity index (χ0) is 16.9. The van der Waals surface area contributed by atoms with Gasteiger partial charge >= 0.3 is 0 Å². The number of nitrogens with zero attached hydrogens (tertiary/aromatic N) is 1. The number of rotatable bonds is 4. The normalized spacial score (nSPS) is 31.3. The van der Waals surface area contributed by atoms with Crippen molar-refractivity contribution < 1.29 is 4.79 Å². The van der Waals surface area contributed by atoms with Gasteiger partial charge in [0.15, 0.2) is 0 Å². The smallest absolute Gasteiger partial charge is 0.223 e. The van der Waals surface area contributed by atoms with Gasteiger partial charge in [-0.05, 0) is 63.2 Å². The van der Waals surface area contributed by atoms with Crippen molar-refractivity contribution in [3.8, 4) is 0 Å². The van der Waals surface area contributed by atoms with Crippen molar-refractivity contribution in [2.45, 2.75) is 96.6 Å². The third-order valence-electron chi connectivity index (χ3n) is 7.05. The van der Waals surface area contributed by atoms with Crippen LogP contribution in [0, 0.1) is 17.8 Å². The third-order valence-corrected chi connectivity index (χ3v) is 7.05. The molecule has 0 aromatic carbocycles. The second kappa shape index (κ2) is 8.69. The number of likely N-dealkylation sites (tertiary alicyclic amines) is 1. The first-order valence-electron chi connectivity index (χ1n) is 10.7. The summed E-state index contributed by atoms with van der Waals surface area (Å²) in [4.78, 5) is 15.3.